The molecule has 0 spiro atoms. The molecule has 0 saturated carbocycles. The monoisotopic (exact) mass is 300 g/mol. The van der Waals surface area contributed by atoms with Crippen LogP contribution in [0.2, 0.25) is 0 Å². The van der Waals surface area contributed by atoms with Crippen molar-refractivity contribution >= 4 is 11.0 Å². The smallest absolute Gasteiger partial charge is 0.336 e. The third-order valence-electron chi connectivity index (χ3n) is 3.68. The number of allylic oxidation sites excluding steroid dienone is 2. The summed E-state index contributed by atoms with van der Waals surface area (Å²) in [7, 11) is 0. The molecule has 0 saturated heterocycles. The molecule has 1 unspecified atom stereocenters. The lowest BCUT2D eigenvalue weighted by molar-refractivity contribution is 0.280. The molecule has 0 aliphatic heterocycles. The average molecular weight is 300 g/mol. The van der Waals surface area contributed by atoms with Gasteiger partial charge in [0.15, 0.2) is 0 Å². The summed E-state index contributed by atoms with van der Waals surface area (Å²) in [5.74, 6) is 1.46. The summed E-state index contributed by atoms with van der Waals surface area (Å²) in [5, 5.41) is 0.883. The van der Waals surface area contributed by atoms with E-state index < -0.39 is 0 Å². The van der Waals surface area contributed by atoms with Gasteiger partial charge in [0.25, 0.3) is 0 Å². The molecule has 1 aromatic carbocycles. The lowest BCUT2D eigenvalue weighted by Crippen LogP contribution is -2.04. The summed E-state index contributed by atoms with van der Waals surface area (Å²) in [6.07, 6.45) is 5.66. The second-order valence-corrected chi connectivity index (χ2v) is 6.06. The second kappa shape index (κ2) is 7.83. The van der Waals surface area contributed by atoms with Gasteiger partial charge in [-0.3, -0.25) is 0 Å². The predicted octanol–water partition coefficient (Wildman–Crippen LogP) is 4.94. The van der Waals surface area contributed by atoms with Crippen LogP contribution < -0.4 is 10.4 Å². The van der Waals surface area contributed by atoms with E-state index in [9.17, 15) is 4.79 Å². The normalized spacial score (nSPS) is 12.1. The first kappa shape index (κ1) is 16.3. The number of rotatable bonds is 7. The highest BCUT2D eigenvalue weighted by molar-refractivity contribution is 5.77. The van der Waals surface area contributed by atoms with Crippen LogP contribution in [0.5, 0.6) is 5.75 Å². The summed E-state index contributed by atoms with van der Waals surface area (Å²) < 4.78 is 10.9. The van der Waals surface area contributed by atoms with E-state index in [1.807, 2.05) is 12.1 Å². The topological polar surface area (TPSA) is 39.4 Å². The standard InChI is InChI=1S/C19H24O3/c1-14(2)5-4-6-15(3)11-12-21-17-8-9-18-16(13-17)7-10-19(20)22-18/h5,7-10,13,15H,4,6,11-12H2,1-3H3. The van der Waals surface area contributed by atoms with Crippen molar-refractivity contribution in [3.05, 3.63) is 52.4 Å². The van der Waals surface area contributed by atoms with Gasteiger partial charge in [0.2, 0.25) is 0 Å². The van der Waals surface area contributed by atoms with Crippen LogP contribution >= 0.6 is 0 Å². The molecule has 1 heterocycles. The summed E-state index contributed by atoms with van der Waals surface area (Å²) >= 11 is 0. The molecule has 2 rings (SSSR count). The van der Waals surface area contributed by atoms with Crippen molar-refractivity contribution in [2.45, 2.75) is 40.0 Å². The summed E-state index contributed by atoms with van der Waals surface area (Å²) in [6, 6.07) is 8.73. The van der Waals surface area contributed by atoms with E-state index >= 15 is 0 Å². The fraction of sp³-hybridized carbons (Fsp3) is 0.421. The van der Waals surface area contributed by atoms with E-state index in [-0.39, 0.29) is 5.63 Å². The molecule has 0 amide bonds. The van der Waals surface area contributed by atoms with Gasteiger partial charge in [-0.15, -0.1) is 0 Å². The van der Waals surface area contributed by atoms with Gasteiger partial charge in [0.05, 0.1) is 6.61 Å². The van der Waals surface area contributed by atoms with E-state index in [1.165, 1.54) is 18.1 Å². The van der Waals surface area contributed by atoms with Gasteiger partial charge in [-0.1, -0.05) is 18.6 Å². The van der Waals surface area contributed by atoms with Crippen LogP contribution in [0.1, 0.15) is 40.0 Å². The zero-order chi connectivity index (χ0) is 15.9. The maximum atomic E-state index is 11.1. The number of benzene rings is 1. The van der Waals surface area contributed by atoms with Gasteiger partial charge in [-0.05, 0) is 63.3 Å². The summed E-state index contributed by atoms with van der Waals surface area (Å²) in [6.45, 7) is 7.24. The van der Waals surface area contributed by atoms with Crippen molar-refractivity contribution in [2.24, 2.45) is 5.92 Å². The minimum Gasteiger partial charge on any atom is -0.494 e. The molecule has 0 aliphatic carbocycles. The van der Waals surface area contributed by atoms with Crippen LogP contribution in [0.3, 0.4) is 0 Å². The third-order valence-corrected chi connectivity index (χ3v) is 3.68. The highest BCUT2D eigenvalue weighted by Crippen LogP contribution is 2.20. The molecular weight excluding hydrogens is 276 g/mol. The van der Waals surface area contributed by atoms with Gasteiger partial charge in [0.1, 0.15) is 11.3 Å². The number of hydrogen-bond acceptors (Lipinski definition) is 3. The maximum absolute atomic E-state index is 11.1. The van der Waals surface area contributed by atoms with Crippen LogP contribution in [-0.2, 0) is 0 Å². The molecule has 1 atom stereocenters. The van der Waals surface area contributed by atoms with Gasteiger partial charge < -0.3 is 9.15 Å². The van der Waals surface area contributed by atoms with Crippen LogP contribution in [0, 0.1) is 5.92 Å². The fourth-order valence-corrected chi connectivity index (χ4v) is 2.32. The largest absolute Gasteiger partial charge is 0.494 e. The first-order valence-electron chi connectivity index (χ1n) is 7.84. The summed E-state index contributed by atoms with van der Waals surface area (Å²) in [5.41, 5.74) is 1.65. The van der Waals surface area contributed by atoms with Crippen LogP contribution in [-0.4, -0.2) is 6.61 Å². The Bertz CT molecular complexity index is 693. The zero-order valence-corrected chi connectivity index (χ0v) is 13.6. The van der Waals surface area contributed by atoms with Crippen molar-refractivity contribution in [3.8, 4) is 5.75 Å². The Kier molecular flexibility index (Phi) is 5.82. The molecule has 2 aromatic rings. The van der Waals surface area contributed by atoms with Crippen LogP contribution in [0.25, 0.3) is 11.0 Å². The Balaban J connectivity index is 1.83. The van der Waals surface area contributed by atoms with Crippen molar-refractivity contribution in [2.75, 3.05) is 6.61 Å². The number of ether oxygens (including phenoxy) is 1. The Labute approximate surface area is 131 Å². The Morgan fingerprint density at radius 2 is 2.05 bits per heavy atom. The van der Waals surface area contributed by atoms with Gasteiger partial charge in [0, 0.05) is 11.5 Å². The van der Waals surface area contributed by atoms with Crippen LogP contribution in [0.4, 0.5) is 0 Å². The molecule has 0 bridgehead atoms. The van der Waals surface area contributed by atoms with Crippen molar-refractivity contribution in [1.82, 2.24) is 0 Å². The Hall–Kier alpha value is -2.03. The first-order chi connectivity index (χ1) is 10.5. The van der Waals surface area contributed by atoms with E-state index in [2.05, 4.69) is 26.8 Å². The molecular formula is C19H24O3. The first-order valence-corrected chi connectivity index (χ1v) is 7.84. The quantitative estimate of drug-likeness (QED) is 0.537. The number of hydrogen-bond donors (Lipinski definition) is 0. The third kappa shape index (κ3) is 5.06. The van der Waals surface area contributed by atoms with Gasteiger partial charge in [-0.2, -0.15) is 0 Å². The lowest BCUT2D eigenvalue weighted by atomic mass is 10.0. The van der Waals surface area contributed by atoms with Gasteiger partial charge >= 0.3 is 5.63 Å². The molecule has 22 heavy (non-hydrogen) atoms. The Morgan fingerprint density at radius 3 is 2.82 bits per heavy atom. The molecule has 0 aliphatic rings. The predicted molar refractivity (Wildman–Crippen MR) is 90.4 cm³/mol. The SMILES string of the molecule is CC(C)=CCCC(C)CCOc1ccc2oc(=O)ccc2c1. The van der Waals surface area contributed by atoms with Crippen molar-refractivity contribution in [1.29, 1.82) is 0 Å². The second-order valence-electron chi connectivity index (χ2n) is 6.06. The number of fused-ring (bicyclic) bond motifs is 1. The maximum Gasteiger partial charge on any atom is 0.336 e. The molecule has 118 valence electrons. The molecule has 0 radical (unpaired) electrons. The lowest BCUT2D eigenvalue weighted by Gasteiger charge is -2.11. The molecule has 0 N–H and O–H groups in total. The van der Waals surface area contributed by atoms with Crippen molar-refractivity contribution in [3.63, 3.8) is 0 Å². The van der Waals surface area contributed by atoms with E-state index in [1.54, 1.807) is 12.1 Å². The van der Waals surface area contributed by atoms with Crippen molar-refractivity contribution < 1.29 is 9.15 Å². The van der Waals surface area contributed by atoms with Gasteiger partial charge in [-0.25, -0.2) is 4.79 Å². The molecule has 3 nitrogen and oxygen atoms in total. The minimum absolute atomic E-state index is 0.327. The highest BCUT2D eigenvalue weighted by Gasteiger charge is 2.03. The molecule has 1 aromatic heterocycles. The average Bonchev–Trinajstić information content (AvgIpc) is 2.47. The minimum atomic E-state index is -0.327. The molecule has 0 fully saturated rings. The summed E-state index contributed by atoms with van der Waals surface area (Å²) in [4.78, 5) is 11.1. The van der Waals surface area contributed by atoms with E-state index in [0.717, 1.165) is 24.0 Å². The zero-order valence-electron chi connectivity index (χ0n) is 13.6. The van der Waals surface area contributed by atoms with Crippen LogP contribution in [0.15, 0.2) is 51.2 Å². The Morgan fingerprint density at radius 1 is 1.23 bits per heavy atom. The highest BCUT2D eigenvalue weighted by atomic mass is 16.5. The van der Waals surface area contributed by atoms with E-state index in [4.69, 9.17) is 9.15 Å². The fourth-order valence-electron chi connectivity index (χ4n) is 2.32. The molecule has 3 heteroatoms. The van der Waals surface area contributed by atoms with E-state index in [0.29, 0.717) is 18.1 Å².